The van der Waals surface area contributed by atoms with Gasteiger partial charge in [-0.1, -0.05) is 35.9 Å². The molecule has 3 nitrogen and oxygen atoms in total. The third-order valence-corrected chi connectivity index (χ3v) is 4.41. The van der Waals surface area contributed by atoms with Crippen molar-refractivity contribution in [1.82, 2.24) is 5.32 Å². The van der Waals surface area contributed by atoms with Gasteiger partial charge >= 0.3 is 0 Å². The van der Waals surface area contributed by atoms with Gasteiger partial charge in [-0.2, -0.15) is 0 Å². The second-order valence-corrected chi connectivity index (χ2v) is 6.32. The van der Waals surface area contributed by atoms with Crippen LogP contribution < -0.4 is 14.8 Å². The quantitative estimate of drug-likeness (QED) is 0.883. The highest BCUT2D eigenvalue weighted by atomic mass is 35.5. The maximum absolute atomic E-state index is 6.34. The second-order valence-electron chi connectivity index (χ2n) is 5.91. The molecule has 0 aliphatic carbocycles. The summed E-state index contributed by atoms with van der Waals surface area (Å²) in [5, 5.41) is 4.17. The van der Waals surface area contributed by atoms with Crippen LogP contribution in [0.3, 0.4) is 0 Å². The molecule has 1 unspecified atom stereocenters. The third-order valence-electron chi connectivity index (χ3n) is 4.13. The van der Waals surface area contributed by atoms with Crippen LogP contribution >= 0.6 is 11.6 Å². The van der Waals surface area contributed by atoms with Gasteiger partial charge in [0.15, 0.2) is 11.5 Å². The largest absolute Gasteiger partial charge is 0.489 e. The number of hydrogen-bond acceptors (Lipinski definition) is 3. The van der Waals surface area contributed by atoms with Crippen LogP contribution in [0.1, 0.15) is 36.1 Å². The number of hydrogen-bond donors (Lipinski definition) is 1. The van der Waals surface area contributed by atoms with Gasteiger partial charge in [-0.25, -0.2) is 0 Å². The van der Waals surface area contributed by atoms with E-state index in [4.69, 9.17) is 21.1 Å². The lowest BCUT2D eigenvalue weighted by Crippen LogP contribution is -2.19. The molecule has 0 saturated carbocycles. The lowest BCUT2D eigenvalue weighted by atomic mass is 10.0. The summed E-state index contributed by atoms with van der Waals surface area (Å²) in [5.74, 6) is 1.41. The van der Waals surface area contributed by atoms with E-state index in [-0.39, 0.29) is 6.04 Å². The molecule has 1 N–H and O–H groups in total. The van der Waals surface area contributed by atoms with Crippen molar-refractivity contribution >= 4 is 11.6 Å². The molecule has 2 aromatic carbocycles. The predicted molar refractivity (Wildman–Crippen MR) is 93.5 cm³/mol. The molecule has 3 rings (SSSR count). The Labute approximate surface area is 142 Å². The normalized spacial score (nSPS) is 15.1. The van der Waals surface area contributed by atoms with Crippen molar-refractivity contribution < 1.29 is 9.47 Å². The number of rotatable bonds is 4. The smallest absolute Gasteiger partial charge is 0.179 e. The molecule has 0 aromatic heterocycles. The predicted octanol–water partition coefficient (Wildman–Crippen LogP) is 4.66. The van der Waals surface area contributed by atoms with Crippen molar-refractivity contribution in [3.63, 3.8) is 0 Å². The van der Waals surface area contributed by atoms with E-state index >= 15 is 0 Å². The summed E-state index contributed by atoms with van der Waals surface area (Å²) in [6.45, 7) is 6.35. The number of nitrogens with one attached hydrogen (secondary N) is 1. The summed E-state index contributed by atoms with van der Waals surface area (Å²) in [6.07, 6.45) is 0.878. The van der Waals surface area contributed by atoms with Gasteiger partial charge in [-0.15, -0.1) is 0 Å². The van der Waals surface area contributed by atoms with E-state index in [1.807, 2.05) is 12.1 Å². The molecule has 0 saturated heterocycles. The van der Waals surface area contributed by atoms with E-state index in [0.29, 0.717) is 24.0 Å². The molecule has 23 heavy (non-hydrogen) atoms. The van der Waals surface area contributed by atoms with Crippen molar-refractivity contribution in [2.24, 2.45) is 0 Å². The lowest BCUT2D eigenvalue weighted by molar-refractivity contribution is 0.297. The summed E-state index contributed by atoms with van der Waals surface area (Å²) in [7, 11) is 0. The summed E-state index contributed by atoms with van der Waals surface area (Å²) in [4.78, 5) is 0. The first-order chi connectivity index (χ1) is 11.1. The van der Waals surface area contributed by atoms with Gasteiger partial charge in [-0.3, -0.25) is 0 Å². The van der Waals surface area contributed by atoms with Crippen LogP contribution in [0.2, 0.25) is 5.02 Å². The van der Waals surface area contributed by atoms with Crippen molar-refractivity contribution in [2.45, 2.75) is 32.9 Å². The fourth-order valence-electron chi connectivity index (χ4n) is 2.84. The van der Waals surface area contributed by atoms with Crippen molar-refractivity contribution in [1.29, 1.82) is 0 Å². The minimum absolute atomic E-state index is 0.269. The lowest BCUT2D eigenvalue weighted by Gasteiger charge is -2.17. The Morgan fingerprint density at radius 2 is 1.96 bits per heavy atom. The van der Waals surface area contributed by atoms with Crippen molar-refractivity contribution in [3.8, 4) is 11.5 Å². The van der Waals surface area contributed by atoms with Crippen LogP contribution in [0, 0.1) is 6.92 Å². The fraction of sp³-hybridized carbons (Fsp3) is 0.368. The molecule has 1 heterocycles. The number of fused-ring (bicyclic) bond motifs is 1. The van der Waals surface area contributed by atoms with E-state index in [1.54, 1.807) is 0 Å². The standard InChI is InChI=1S/C19H22ClNO2/c1-13-6-3-4-7-16(13)14(2)21-12-15-10-17(20)19-18(11-15)22-8-5-9-23-19/h3-4,6-7,10-11,14,21H,5,8-9,12H2,1-2H3. The van der Waals surface area contributed by atoms with Crippen LogP contribution in [0.15, 0.2) is 36.4 Å². The van der Waals surface area contributed by atoms with Crippen molar-refractivity contribution in [3.05, 3.63) is 58.1 Å². The van der Waals surface area contributed by atoms with Crippen LogP contribution in [-0.2, 0) is 6.54 Å². The average Bonchev–Trinajstić information content (AvgIpc) is 2.79. The molecule has 0 fully saturated rings. The topological polar surface area (TPSA) is 30.5 Å². The van der Waals surface area contributed by atoms with Gasteiger partial charge in [0.05, 0.1) is 18.2 Å². The molecule has 1 aliphatic heterocycles. The maximum atomic E-state index is 6.34. The Morgan fingerprint density at radius 3 is 2.78 bits per heavy atom. The molecular weight excluding hydrogens is 310 g/mol. The van der Waals surface area contributed by atoms with Gasteiger partial charge < -0.3 is 14.8 Å². The SMILES string of the molecule is Cc1ccccc1C(C)NCc1cc(Cl)c2c(c1)OCCCO2. The molecular formula is C19H22ClNO2. The Hall–Kier alpha value is -1.71. The van der Waals surface area contributed by atoms with Gasteiger partial charge in [-0.05, 0) is 42.7 Å². The van der Waals surface area contributed by atoms with E-state index in [2.05, 4.69) is 43.4 Å². The molecule has 122 valence electrons. The molecule has 0 radical (unpaired) electrons. The van der Waals surface area contributed by atoms with Gasteiger partial charge in [0.25, 0.3) is 0 Å². The average molecular weight is 332 g/mol. The number of aryl methyl sites for hydroxylation is 1. The summed E-state index contributed by atoms with van der Waals surface area (Å²) in [6, 6.07) is 12.7. The number of benzene rings is 2. The van der Waals surface area contributed by atoms with E-state index in [0.717, 1.165) is 24.3 Å². The van der Waals surface area contributed by atoms with Gasteiger partial charge in [0, 0.05) is 19.0 Å². The minimum atomic E-state index is 0.269. The zero-order chi connectivity index (χ0) is 16.2. The second kappa shape index (κ2) is 7.24. The molecule has 1 aliphatic rings. The zero-order valence-electron chi connectivity index (χ0n) is 13.6. The highest BCUT2D eigenvalue weighted by Crippen LogP contribution is 2.38. The number of halogens is 1. The Kier molecular flexibility index (Phi) is 5.09. The molecule has 4 heteroatoms. The molecule has 2 aromatic rings. The summed E-state index contributed by atoms with van der Waals surface area (Å²) >= 11 is 6.34. The first kappa shape index (κ1) is 16.2. The van der Waals surface area contributed by atoms with Crippen LogP contribution in [-0.4, -0.2) is 13.2 Å². The summed E-state index contributed by atoms with van der Waals surface area (Å²) in [5.41, 5.74) is 3.71. The molecule has 1 atom stereocenters. The highest BCUT2D eigenvalue weighted by Gasteiger charge is 2.16. The molecule has 0 bridgehead atoms. The van der Waals surface area contributed by atoms with Gasteiger partial charge in [0.2, 0.25) is 0 Å². The fourth-order valence-corrected chi connectivity index (χ4v) is 3.13. The Balaban J connectivity index is 1.72. The van der Waals surface area contributed by atoms with Gasteiger partial charge in [0.1, 0.15) is 0 Å². The zero-order valence-corrected chi connectivity index (χ0v) is 14.3. The monoisotopic (exact) mass is 331 g/mol. The van der Waals surface area contributed by atoms with Crippen LogP contribution in [0.25, 0.3) is 0 Å². The van der Waals surface area contributed by atoms with Crippen LogP contribution in [0.4, 0.5) is 0 Å². The molecule has 0 amide bonds. The minimum Gasteiger partial charge on any atom is -0.489 e. The maximum Gasteiger partial charge on any atom is 0.179 e. The first-order valence-electron chi connectivity index (χ1n) is 8.02. The van der Waals surface area contributed by atoms with Crippen LogP contribution in [0.5, 0.6) is 11.5 Å². The van der Waals surface area contributed by atoms with E-state index in [9.17, 15) is 0 Å². The summed E-state index contributed by atoms with van der Waals surface area (Å²) < 4.78 is 11.4. The van der Waals surface area contributed by atoms with Crippen molar-refractivity contribution in [2.75, 3.05) is 13.2 Å². The third kappa shape index (κ3) is 3.80. The Morgan fingerprint density at radius 1 is 1.17 bits per heavy atom. The first-order valence-corrected chi connectivity index (χ1v) is 8.40. The number of ether oxygens (including phenoxy) is 2. The highest BCUT2D eigenvalue weighted by molar-refractivity contribution is 6.32. The van der Waals surface area contributed by atoms with E-state index < -0.39 is 0 Å². The Bertz CT molecular complexity index is 687. The van der Waals surface area contributed by atoms with E-state index in [1.165, 1.54) is 11.1 Å². The molecule has 0 spiro atoms.